The van der Waals surface area contributed by atoms with Crippen molar-refractivity contribution in [3.63, 3.8) is 0 Å². The van der Waals surface area contributed by atoms with Gasteiger partial charge in [-0.05, 0) is 19.9 Å². The second kappa shape index (κ2) is 3.59. The van der Waals surface area contributed by atoms with E-state index < -0.39 is 0 Å². The lowest BCUT2D eigenvalue weighted by molar-refractivity contribution is 0.720. The minimum Gasteiger partial charge on any atom is -0.216 e. The Hall–Kier alpha value is -0.590. The third-order valence-corrected chi connectivity index (χ3v) is 0.781. The highest BCUT2D eigenvalue weighted by atomic mass is 19.1. The third kappa shape index (κ3) is 3.23. The lowest BCUT2D eigenvalue weighted by atomic mass is 10.3. The second-order valence-electron chi connectivity index (χ2n) is 1.33. The van der Waals surface area contributed by atoms with Gasteiger partial charge in [-0.2, -0.15) is 0 Å². The first kappa shape index (κ1) is 6.41. The second-order valence-corrected chi connectivity index (χ2v) is 1.33. The summed E-state index contributed by atoms with van der Waals surface area (Å²) in [5.74, 6) is 0. The summed E-state index contributed by atoms with van der Waals surface area (Å²) >= 11 is 0. The van der Waals surface area contributed by atoms with E-state index in [2.05, 4.69) is 0 Å². The highest BCUT2D eigenvalue weighted by Gasteiger charge is 1.71. The van der Waals surface area contributed by atoms with E-state index in [1.165, 1.54) is 6.08 Å². The molecular weight excluding hydrogens is 91.1 g/mol. The van der Waals surface area contributed by atoms with Gasteiger partial charge in [0.25, 0.3) is 0 Å². The summed E-state index contributed by atoms with van der Waals surface area (Å²) in [6, 6.07) is 0. The Morgan fingerprint density at radius 2 is 2.14 bits per heavy atom. The molecule has 0 aliphatic carbocycles. The third-order valence-electron chi connectivity index (χ3n) is 0.781. The zero-order valence-electron chi connectivity index (χ0n) is 4.61. The van der Waals surface area contributed by atoms with E-state index in [1.807, 2.05) is 19.9 Å². The van der Waals surface area contributed by atoms with E-state index in [1.54, 1.807) is 0 Å². The van der Waals surface area contributed by atoms with Gasteiger partial charge < -0.3 is 0 Å². The van der Waals surface area contributed by atoms with Gasteiger partial charge in [0.2, 0.25) is 0 Å². The molecule has 0 heterocycles. The van der Waals surface area contributed by atoms with Gasteiger partial charge in [0, 0.05) is 0 Å². The van der Waals surface area contributed by atoms with Crippen LogP contribution >= 0.6 is 0 Å². The first-order valence-electron chi connectivity index (χ1n) is 2.21. The van der Waals surface area contributed by atoms with Crippen LogP contribution in [0.4, 0.5) is 4.39 Å². The van der Waals surface area contributed by atoms with E-state index >= 15 is 0 Å². The van der Waals surface area contributed by atoms with Gasteiger partial charge >= 0.3 is 0 Å². The molecule has 0 aliphatic rings. The van der Waals surface area contributed by atoms with Crippen molar-refractivity contribution in [2.45, 2.75) is 13.8 Å². The van der Waals surface area contributed by atoms with Gasteiger partial charge in [0.1, 0.15) is 0 Å². The largest absolute Gasteiger partial charge is 0.216 e. The van der Waals surface area contributed by atoms with Crippen molar-refractivity contribution in [1.29, 1.82) is 0 Å². The zero-order valence-corrected chi connectivity index (χ0v) is 4.61. The van der Waals surface area contributed by atoms with Crippen LogP contribution in [-0.2, 0) is 0 Å². The number of hydrogen-bond donors (Lipinski definition) is 0. The van der Waals surface area contributed by atoms with Crippen LogP contribution in [0.1, 0.15) is 13.8 Å². The average Bonchev–Trinajstić information content (AvgIpc) is 1.68. The normalized spacial score (nSPS) is 13.3. The Morgan fingerprint density at radius 3 is 2.29 bits per heavy atom. The standard InChI is InChI=1S/C6H9F/c1-3-6(2)4-5-7/h3-5H,1-2H3. The summed E-state index contributed by atoms with van der Waals surface area (Å²) in [6.45, 7) is 3.71. The Bertz CT molecular complexity index is 90.4. The Kier molecular flexibility index (Phi) is 3.29. The van der Waals surface area contributed by atoms with E-state index in [0.29, 0.717) is 6.33 Å². The molecule has 0 spiro atoms. The molecule has 0 rings (SSSR count). The fraction of sp³-hybridized carbons (Fsp3) is 0.333. The molecule has 0 atom stereocenters. The summed E-state index contributed by atoms with van der Waals surface area (Å²) in [4.78, 5) is 0. The molecule has 0 saturated carbocycles. The topological polar surface area (TPSA) is 0 Å². The predicted molar refractivity (Wildman–Crippen MR) is 29.7 cm³/mol. The predicted octanol–water partition coefficient (Wildman–Crippen LogP) is 2.44. The minimum absolute atomic E-state index is 0.537. The summed E-state index contributed by atoms with van der Waals surface area (Å²) in [5.41, 5.74) is 0.947. The van der Waals surface area contributed by atoms with Crippen molar-refractivity contribution in [3.8, 4) is 0 Å². The lowest BCUT2D eigenvalue weighted by Gasteiger charge is -1.79. The molecule has 0 fully saturated rings. The molecule has 0 amide bonds. The molecule has 7 heavy (non-hydrogen) atoms. The van der Waals surface area contributed by atoms with Crippen LogP contribution in [-0.4, -0.2) is 0 Å². The molecule has 0 nitrogen and oxygen atoms in total. The smallest absolute Gasteiger partial charge is 0.0869 e. The molecule has 0 aliphatic heterocycles. The first-order chi connectivity index (χ1) is 3.31. The zero-order chi connectivity index (χ0) is 5.70. The number of allylic oxidation sites excluding steroid dienone is 3. The van der Waals surface area contributed by atoms with E-state index in [-0.39, 0.29) is 0 Å². The average molecular weight is 100 g/mol. The Morgan fingerprint density at radius 1 is 1.57 bits per heavy atom. The number of halogens is 1. The first-order valence-corrected chi connectivity index (χ1v) is 2.21. The molecule has 0 aromatic carbocycles. The molecule has 1 heteroatoms. The molecule has 40 valence electrons. The van der Waals surface area contributed by atoms with Crippen LogP contribution < -0.4 is 0 Å². The Labute approximate surface area is 43.4 Å². The van der Waals surface area contributed by atoms with Gasteiger partial charge in [0.15, 0.2) is 0 Å². The summed E-state index contributed by atoms with van der Waals surface area (Å²) < 4.78 is 11.2. The van der Waals surface area contributed by atoms with E-state index in [9.17, 15) is 4.39 Å². The molecule has 0 unspecified atom stereocenters. The van der Waals surface area contributed by atoms with Crippen molar-refractivity contribution in [2.24, 2.45) is 0 Å². The summed E-state index contributed by atoms with van der Waals surface area (Å²) in [5, 5.41) is 0. The highest BCUT2D eigenvalue weighted by molar-refractivity contribution is 5.12. The summed E-state index contributed by atoms with van der Waals surface area (Å²) in [7, 11) is 0. The fourth-order valence-corrected chi connectivity index (χ4v) is 0.196. The van der Waals surface area contributed by atoms with Gasteiger partial charge in [-0.25, -0.2) is 4.39 Å². The quantitative estimate of drug-likeness (QED) is 0.444. The maximum absolute atomic E-state index is 11.2. The summed E-state index contributed by atoms with van der Waals surface area (Å²) in [6.07, 6.45) is 3.80. The molecule has 0 saturated heterocycles. The van der Waals surface area contributed by atoms with Gasteiger partial charge in [-0.15, -0.1) is 0 Å². The SMILES string of the molecule is CC=C(C)C=CF. The van der Waals surface area contributed by atoms with Crippen LogP contribution in [0.5, 0.6) is 0 Å². The van der Waals surface area contributed by atoms with Crippen LogP contribution in [0.3, 0.4) is 0 Å². The van der Waals surface area contributed by atoms with Crippen molar-refractivity contribution in [3.05, 3.63) is 24.1 Å². The van der Waals surface area contributed by atoms with E-state index in [4.69, 9.17) is 0 Å². The molecule has 0 aromatic rings. The maximum Gasteiger partial charge on any atom is 0.0869 e. The van der Waals surface area contributed by atoms with Crippen molar-refractivity contribution >= 4 is 0 Å². The minimum atomic E-state index is 0.537. The molecule has 0 radical (unpaired) electrons. The van der Waals surface area contributed by atoms with Crippen LogP contribution in [0.2, 0.25) is 0 Å². The van der Waals surface area contributed by atoms with Crippen molar-refractivity contribution < 1.29 is 4.39 Å². The number of rotatable bonds is 1. The fourth-order valence-electron chi connectivity index (χ4n) is 0.196. The highest BCUT2D eigenvalue weighted by Crippen LogP contribution is 1.92. The Balaban J connectivity index is 3.58. The number of hydrogen-bond acceptors (Lipinski definition) is 0. The van der Waals surface area contributed by atoms with Crippen molar-refractivity contribution in [2.75, 3.05) is 0 Å². The lowest BCUT2D eigenvalue weighted by Crippen LogP contribution is -1.59. The molecule has 0 bridgehead atoms. The monoisotopic (exact) mass is 100 g/mol. The molecule has 0 aromatic heterocycles. The van der Waals surface area contributed by atoms with E-state index in [0.717, 1.165) is 5.57 Å². The van der Waals surface area contributed by atoms with Gasteiger partial charge in [0.05, 0.1) is 6.33 Å². The van der Waals surface area contributed by atoms with Crippen LogP contribution in [0.25, 0.3) is 0 Å². The van der Waals surface area contributed by atoms with Crippen molar-refractivity contribution in [1.82, 2.24) is 0 Å². The molecular formula is C6H9F. The molecule has 0 N–H and O–H groups in total. The van der Waals surface area contributed by atoms with Crippen LogP contribution in [0.15, 0.2) is 24.1 Å². The van der Waals surface area contributed by atoms with Crippen LogP contribution in [0, 0.1) is 0 Å². The van der Waals surface area contributed by atoms with Gasteiger partial charge in [-0.1, -0.05) is 11.6 Å². The maximum atomic E-state index is 11.2. The van der Waals surface area contributed by atoms with Gasteiger partial charge in [-0.3, -0.25) is 0 Å².